The van der Waals surface area contributed by atoms with Crippen molar-refractivity contribution in [3.63, 3.8) is 0 Å². The second-order valence-electron chi connectivity index (χ2n) is 11.7. The zero-order chi connectivity index (χ0) is 28.2. The highest BCUT2D eigenvalue weighted by Gasteiger charge is 2.53. The number of rotatable bonds is 6. The van der Waals surface area contributed by atoms with Gasteiger partial charge in [0.15, 0.2) is 11.5 Å². The lowest BCUT2D eigenvalue weighted by Gasteiger charge is -2.32. The molecule has 0 amide bonds. The fourth-order valence-corrected chi connectivity index (χ4v) is 7.26. The van der Waals surface area contributed by atoms with Crippen LogP contribution >= 0.6 is 27.5 Å². The quantitative estimate of drug-likeness (QED) is 0.261. The SMILES string of the molecule is COc1c([C@@H](O)CC(C)C)ccc2c1C(=O)OCc1c(Cl)c(C)c(Br)c(OC(=O)[C@]3(C)C[C@@H]4CC[C@H]3C4)c1O2. The monoisotopic (exact) mass is 620 g/mol. The van der Waals surface area contributed by atoms with Crippen molar-refractivity contribution in [1.82, 2.24) is 0 Å². The molecule has 0 spiro atoms. The number of esters is 2. The molecule has 3 aliphatic rings. The maximum absolute atomic E-state index is 13.7. The average Bonchev–Trinajstić information content (AvgIpc) is 3.48. The Morgan fingerprint density at radius 1 is 1.28 bits per heavy atom. The Hall–Kier alpha value is -2.29. The molecule has 0 radical (unpaired) electrons. The number of carbonyl (C=O) groups excluding carboxylic acids is 2. The Bertz CT molecular complexity index is 1340. The third kappa shape index (κ3) is 4.82. The standard InChI is InChI=1S/C30H34BrClO7/c1-14(2)10-20(33)18-8-9-21-22(25(18)36-5)28(34)37-13-19-24(32)15(3)23(31)27(26(19)38-21)39-29(35)30(4)12-16-6-7-17(30)11-16/h8-9,14,16-17,20,33H,6-7,10-13H2,1-5H3/t16-,17+,20+,30-/m1/s1. The van der Waals surface area contributed by atoms with Gasteiger partial charge < -0.3 is 24.1 Å². The summed E-state index contributed by atoms with van der Waals surface area (Å²) in [5, 5.41) is 11.2. The molecule has 2 fully saturated rings. The van der Waals surface area contributed by atoms with E-state index < -0.39 is 17.5 Å². The molecule has 2 aromatic rings. The zero-order valence-corrected chi connectivity index (χ0v) is 25.2. The van der Waals surface area contributed by atoms with E-state index >= 15 is 0 Å². The summed E-state index contributed by atoms with van der Waals surface area (Å²) in [5.74, 6) is 0.830. The number of benzene rings is 2. The van der Waals surface area contributed by atoms with Crippen LogP contribution in [0.2, 0.25) is 5.02 Å². The molecule has 2 saturated carbocycles. The van der Waals surface area contributed by atoms with Gasteiger partial charge in [0.1, 0.15) is 23.7 Å². The second kappa shape index (κ2) is 10.6. The van der Waals surface area contributed by atoms with Crippen molar-refractivity contribution < 1.29 is 33.6 Å². The van der Waals surface area contributed by atoms with Crippen molar-refractivity contribution >= 4 is 39.5 Å². The van der Waals surface area contributed by atoms with E-state index in [1.165, 1.54) is 7.11 Å². The van der Waals surface area contributed by atoms with Gasteiger partial charge in [-0.15, -0.1) is 0 Å². The van der Waals surface area contributed by atoms with Gasteiger partial charge in [0.2, 0.25) is 0 Å². The summed E-state index contributed by atoms with van der Waals surface area (Å²) >= 11 is 10.3. The lowest BCUT2D eigenvalue weighted by Crippen LogP contribution is -2.37. The van der Waals surface area contributed by atoms with Crippen LogP contribution in [0.5, 0.6) is 23.0 Å². The first-order valence-corrected chi connectivity index (χ1v) is 14.6. The zero-order valence-electron chi connectivity index (χ0n) is 22.9. The molecule has 2 aliphatic carbocycles. The molecule has 0 aromatic heterocycles. The lowest BCUT2D eigenvalue weighted by molar-refractivity contribution is -0.148. The van der Waals surface area contributed by atoms with Crippen LogP contribution in [0.3, 0.4) is 0 Å². The van der Waals surface area contributed by atoms with Crippen LogP contribution in [0.1, 0.15) is 86.0 Å². The molecule has 1 N–H and O–H groups in total. The Kier molecular flexibility index (Phi) is 7.68. The molecular formula is C30H34BrClO7. The fraction of sp³-hybridized carbons (Fsp3) is 0.533. The molecule has 1 heterocycles. The van der Waals surface area contributed by atoms with E-state index in [-0.39, 0.29) is 47.1 Å². The number of hydrogen-bond donors (Lipinski definition) is 1. The number of hydrogen-bond acceptors (Lipinski definition) is 7. The summed E-state index contributed by atoms with van der Waals surface area (Å²) in [5.41, 5.74) is 0.986. The minimum Gasteiger partial charge on any atom is -0.495 e. The van der Waals surface area contributed by atoms with E-state index in [4.69, 9.17) is 30.5 Å². The molecule has 4 atom stereocenters. The molecule has 0 unspecified atom stereocenters. The summed E-state index contributed by atoms with van der Waals surface area (Å²) < 4.78 is 24.3. The Labute approximate surface area is 242 Å². The van der Waals surface area contributed by atoms with Crippen LogP contribution in [0.15, 0.2) is 16.6 Å². The Balaban J connectivity index is 1.60. The number of aliphatic hydroxyl groups is 1. The van der Waals surface area contributed by atoms with Crippen molar-refractivity contribution in [1.29, 1.82) is 0 Å². The molecule has 2 bridgehead atoms. The van der Waals surface area contributed by atoms with Crippen molar-refractivity contribution in [2.45, 2.75) is 72.5 Å². The Morgan fingerprint density at radius 3 is 2.64 bits per heavy atom. The van der Waals surface area contributed by atoms with Crippen molar-refractivity contribution in [2.24, 2.45) is 23.2 Å². The van der Waals surface area contributed by atoms with Crippen molar-refractivity contribution in [2.75, 3.05) is 7.11 Å². The topological polar surface area (TPSA) is 91.3 Å². The third-order valence-electron chi connectivity index (χ3n) is 8.59. The van der Waals surface area contributed by atoms with Gasteiger partial charge in [-0.05, 0) is 90.9 Å². The summed E-state index contributed by atoms with van der Waals surface area (Å²) in [4.78, 5) is 26.9. The van der Waals surface area contributed by atoms with Crippen LogP contribution in [-0.4, -0.2) is 24.2 Å². The maximum atomic E-state index is 13.7. The van der Waals surface area contributed by atoms with Crippen LogP contribution in [0.4, 0.5) is 0 Å². The molecule has 7 nitrogen and oxygen atoms in total. The molecule has 1 aliphatic heterocycles. The third-order valence-corrected chi connectivity index (χ3v) is 10.1. The van der Waals surface area contributed by atoms with Gasteiger partial charge in [-0.1, -0.05) is 31.9 Å². The van der Waals surface area contributed by atoms with Gasteiger partial charge in [0.05, 0.1) is 33.7 Å². The minimum atomic E-state index is -0.846. The highest BCUT2D eigenvalue weighted by Crippen LogP contribution is 2.57. The fourth-order valence-electron chi connectivity index (χ4n) is 6.46. The van der Waals surface area contributed by atoms with Crippen LogP contribution in [0.25, 0.3) is 0 Å². The average molecular weight is 622 g/mol. The first-order valence-electron chi connectivity index (χ1n) is 13.4. The number of ether oxygens (including phenoxy) is 4. The van der Waals surface area contributed by atoms with E-state index in [0.717, 1.165) is 25.7 Å². The van der Waals surface area contributed by atoms with Gasteiger partial charge >= 0.3 is 11.9 Å². The number of aliphatic hydroxyl groups excluding tert-OH is 1. The lowest BCUT2D eigenvalue weighted by atomic mass is 9.75. The molecule has 0 saturated heterocycles. The maximum Gasteiger partial charge on any atom is 0.346 e. The highest BCUT2D eigenvalue weighted by molar-refractivity contribution is 9.10. The van der Waals surface area contributed by atoms with E-state index in [0.29, 0.717) is 44.4 Å². The predicted octanol–water partition coefficient (Wildman–Crippen LogP) is 7.69. The largest absolute Gasteiger partial charge is 0.495 e. The number of carbonyl (C=O) groups is 2. The molecule has 39 heavy (non-hydrogen) atoms. The number of halogens is 2. The summed E-state index contributed by atoms with van der Waals surface area (Å²) in [6, 6.07) is 3.27. The van der Waals surface area contributed by atoms with Gasteiger partial charge in [-0.25, -0.2) is 4.79 Å². The molecule has 9 heteroatoms. The Morgan fingerprint density at radius 2 is 2.03 bits per heavy atom. The second-order valence-corrected chi connectivity index (χ2v) is 12.8. The van der Waals surface area contributed by atoms with Crippen LogP contribution in [0, 0.1) is 30.1 Å². The van der Waals surface area contributed by atoms with E-state index in [2.05, 4.69) is 15.9 Å². The number of fused-ring (bicyclic) bond motifs is 4. The van der Waals surface area contributed by atoms with Crippen LogP contribution in [-0.2, 0) is 16.1 Å². The van der Waals surface area contributed by atoms with E-state index in [1.54, 1.807) is 19.1 Å². The van der Waals surface area contributed by atoms with Gasteiger partial charge in [0.25, 0.3) is 0 Å². The van der Waals surface area contributed by atoms with Crippen molar-refractivity contribution in [3.05, 3.63) is 43.9 Å². The van der Waals surface area contributed by atoms with E-state index in [1.807, 2.05) is 20.8 Å². The molecule has 2 aromatic carbocycles. The van der Waals surface area contributed by atoms with Gasteiger partial charge in [0, 0.05) is 5.56 Å². The molecule has 210 valence electrons. The van der Waals surface area contributed by atoms with Crippen molar-refractivity contribution in [3.8, 4) is 23.0 Å². The van der Waals surface area contributed by atoms with Gasteiger partial charge in [-0.2, -0.15) is 0 Å². The minimum absolute atomic E-state index is 0.0496. The molecular weight excluding hydrogens is 588 g/mol. The first kappa shape index (κ1) is 28.2. The normalized spacial score (nSPS) is 24.3. The van der Waals surface area contributed by atoms with Crippen LogP contribution < -0.4 is 14.2 Å². The summed E-state index contributed by atoms with van der Waals surface area (Å²) in [6.45, 7) is 7.59. The number of cyclic esters (lactones) is 1. The number of methoxy groups -OCH3 is 1. The molecule has 5 rings (SSSR count). The predicted molar refractivity (Wildman–Crippen MR) is 150 cm³/mol. The van der Waals surface area contributed by atoms with E-state index in [9.17, 15) is 14.7 Å². The van der Waals surface area contributed by atoms with Gasteiger partial charge in [-0.3, -0.25) is 4.79 Å². The summed E-state index contributed by atoms with van der Waals surface area (Å²) in [7, 11) is 1.43. The smallest absolute Gasteiger partial charge is 0.346 e. The first-order chi connectivity index (χ1) is 18.5. The highest BCUT2D eigenvalue weighted by atomic mass is 79.9. The summed E-state index contributed by atoms with van der Waals surface area (Å²) in [6.07, 6.45) is 3.68.